The molecule has 0 radical (unpaired) electrons. The Morgan fingerprint density at radius 1 is 1.24 bits per heavy atom. The molecule has 1 aromatic rings. The van der Waals surface area contributed by atoms with Gasteiger partial charge in [0.25, 0.3) is 0 Å². The summed E-state index contributed by atoms with van der Waals surface area (Å²) < 4.78 is 0. The minimum atomic E-state index is -0.317. The van der Waals surface area contributed by atoms with Crippen LogP contribution in [0.25, 0.3) is 0 Å². The molecule has 0 spiro atoms. The Labute approximate surface area is 159 Å². The number of carbonyl (C=O) groups excluding carboxylic acids is 2. The van der Waals surface area contributed by atoms with Crippen molar-refractivity contribution in [2.75, 3.05) is 13.1 Å². The highest BCUT2D eigenvalue weighted by molar-refractivity contribution is 6.30. The Balaban J connectivity index is 0.00000225. The first-order valence-electron chi connectivity index (χ1n) is 8.59. The first-order valence-corrected chi connectivity index (χ1v) is 8.97. The molecule has 2 fully saturated rings. The third-order valence-corrected chi connectivity index (χ3v) is 5.22. The van der Waals surface area contributed by atoms with Crippen LogP contribution in [0.4, 0.5) is 0 Å². The van der Waals surface area contributed by atoms with Gasteiger partial charge in [0.1, 0.15) is 0 Å². The lowest BCUT2D eigenvalue weighted by atomic mass is 10.0. The Bertz CT molecular complexity index is 595. The predicted octanol–water partition coefficient (Wildman–Crippen LogP) is 2.68. The van der Waals surface area contributed by atoms with Gasteiger partial charge in [-0.3, -0.25) is 9.59 Å². The van der Waals surface area contributed by atoms with Crippen LogP contribution in [0.5, 0.6) is 0 Å². The van der Waals surface area contributed by atoms with Crippen molar-refractivity contribution in [3.05, 3.63) is 34.9 Å². The molecule has 3 rings (SSSR count). The zero-order valence-corrected chi connectivity index (χ0v) is 15.9. The maximum atomic E-state index is 13.0. The van der Waals surface area contributed by atoms with Crippen LogP contribution in [0.1, 0.15) is 44.2 Å². The molecule has 2 aliphatic rings. The zero-order valence-electron chi connectivity index (χ0n) is 14.3. The first-order chi connectivity index (χ1) is 11.5. The number of halogens is 2. The maximum absolute atomic E-state index is 13.0. The molecular formula is C18H25Cl2N3O2. The largest absolute Gasteiger partial charge is 0.349 e. The number of nitrogens with zero attached hydrogens (tertiary/aromatic N) is 1. The van der Waals surface area contributed by atoms with Crippen LogP contribution in [-0.2, 0) is 9.59 Å². The summed E-state index contributed by atoms with van der Waals surface area (Å²) in [6, 6.07) is 7.62. The summed E-state index contributed by atoms with van der Waals surface area (Å²) in [5.41, 5.74) is 0.906. The molecule has 2 aliphatic heterocycles. The summed E-state index contributed by atoms with van der Waals surface area (Å²) in [4.78, 5) is 26.6. The number of fused-ring (bicyclic) bond motifs is 2. The topological polar surface area (TPSA) is 61.4 Å². The van der Waals surface area contributed by atoms with E-state index in [1.165, 1.54) is 6.92 Å². The molecule has 2 amide bonds. The van der Waals surface area contributed by atoms with E-state index in [0.717, 1.165) is 37.9 Å². The van der Waals surface area contributed by atoms with Crippen molar-refractivity contribution in [2.45, 2.75) is 50.7 Å². The summed E-state index contributed by atoms with van der Waals surface area (Å²) in [6.45, 7) is 3.32. The second kappa shape index (κ2) is 8.88. The summed E-state index contributed by atoms with van der Waals surface area (Å²) in [5.74, 6) is -0.0110. The molecule has 2 bridgehead atoms. The fourth-order valence-electron chi connectivity index (χ4n) is 3.86. The van der Waals surface area contributed by atoms with Gasteiger partial charge >= 0.3 is 0 Å². The smallest absolute Gasteiger partial charge is 0.225 e. The number of nitrogens with one attached hydrogen (secondary N) is 2. The average molecular weight is 386 g/mol. The first kappa shape index (κ1) is 20.0. The SMILES string of the molecule is CC(=O)NC(CC(=O)N1C2CCNCC1CC2)c1ccc(Cl)cc1.Cl. The van der Waals surface area contributed by atoms with Crippen LogP contribution < -0.4 is 10.6 Å². The van der Waals surface area contributed by atoms with Gasteiger partial charge in [-0.25, -0.2) is 0 Å². The molecule has 2 heterocycles. The van der Waals surface area contributed by atoms with E-state index in [1.54, 1.807) is 12.1 Å². The zero-order chi connectivity index (χ0) is 17.1. The number of carbonyl (C=O) groups is 2. The van der Waals surface area contributed by atoms with Crippen LogP contribution in [0.2, 0.25) is 5.02 Å². The van der Waals surface area contributed by atoms with Gasteiger partial charge in [0.15, 0.2) is 0 Å². The van der Waals surface area contributed by atoms with Crippen molar-refractivity contribution in [1.29, 1.82) is 0 Å². The van der Waals surface area contributed by atoms with E-state index < -0.39 is 0 Å². The highest BCUT2D eigenvalue weighted by Gasteiger charge is 2.38. The van der Waals surface area contributed by atoms with Crippen molar-refractivity contribution >= 4 is 35.8 Å². The third-order valence-electron chi connectivity index (χ3n) is 4.97. The molecule has 7 heteroatoms. The van der Waals surface area contributed by atoms with E-state index >= 15 is 0 Å². The van der Waals surface area contributed by atoms with E-state index in [1.807, 2.05) is 12.1 Å². The van der Waals surface area contributed by atoms with E-state index in [9.17, 15) is 9.59 Å². The van der Waals surface area contributed by atoms with Gasteiger partial charge < -0.3 is 15.5 Å². The molecule has 2 N–H and O–H groups in total. The molecule has 25 heavy (non-hydrogen) atoms. The molecule has 3 atom stereocenters. The van der Waals surface area contributed by atoms with Crippen molar-refractivity contribution < 1.29 is 9.59 Å². The maximum Gasteiger partial charge on any atom is 0.225 e. The van der Waals surface area contributed by atoms with Gasteiger partial charge in [-0.1, -0.05) is 23.7 Å². The molecule has 138 valence electrons. The summed E-state index contributed by atoms with van der Waals surface area (Å²) in [5, 5.41) is 6.96. The second-order valence-corrected chi connectivity index (χ2v) is 7.12. The van der Waals surface area contributed by atoms with E-state index in [0.29, 0.717) is 11.1 Å². The average Bonchev–Trinajstić information content (AvgIpc) is 2.80. The molecule has 1 aromatic carbocycles. The number of rotatable bonds is 4. The van der Waals surface area contributed by atoms with Gasteiger partial charge in [0.05, 0.1) is 12.5 Å². The fraction of sp³-hybridized carbons (Fsp3) is 0.556. The van der Waals surface area contributed by atoms with Gasteiger partial charge in [-0.05, 0) is 43.5 Å². The Morgan fingerprint density at radius 2 is 1.92 bits per heavy atom. The Hall–Kier alpha value is -1.30. The monoisotopic (exact) mass is 385 g/mol. The Kier molecular flexibility index (Phi) is 7.11. The van der Waals surface area contributed by atoms with Gasteiger partial charge in [-0.2, -0.15) is 0 Å². The van der Waals surface area contributed by atoms with Crippen LogP contribution in [0, 0.1) is 0 Å². The summed E-state index contributed by atoms with van der Waals surface area (Å²) >= 11 is 5.94. The summed E-state index contributed by atoms with van der Waals surface area (Å²) in [7, 11) is 0. The van der Waals surface area contributed by atoms with Crippen LogP contribution in [-0.4, -0.2) is 41.9 Å². The molecule has 0 saturated carbocycles. The van der Waals surface area contributed by atoms with Crippen molar-refractivity contribution in [3.8, 4) is 0 Å². The normalized spacial score (nSPS) is 23.4. The quantitative estimate of drug-likeness (QED) is 0.837. The number of amides is 2. The van der Waals surface area contributed by atoms with Crippen molar-refractivity contribution in [2.24, 2.45) is 0 Å². The summed E-state index contributed by atoms with van der Waals surface area (Å²) in [6.07, 6.45) is 3.45. The molecule has 5 nitrogen and oxygen atoms in total. The third kappa shape index (κ3) is 4.87. The molecule has 2 saturated heterocycles. The molecule has 0 aliphatic carbocycles. The Morgan fingerprint density at radius 3 is 2.60 bits per heavy atom. The highest BCUT2D eigenvalue weighted by Crippen LogP contribution is 2.30. The lowest BCUT2D eigenvalue weighted by Crippen LogP contribution is -2.44. The van der Waals surface area contributed by atoms with Gasteiger partial charge in [0, 0.05) is 30.6 Å². The van der Waals surface area contributed by atoms with Crippen LogP contribution in [0.3, 0.4) is 0 Å². The number of hydrogen-bond donors (Lipinski definition) is 2. The minimum Gasteiger partial charge on any atom is -0.349 e. The second-order valence-electron chi connectivity index (χ2n) is 6.69. The van der Waals surface area contributed by atoms with E-state index in [4.69, 9.17) is 11.6 Å². The number of benzene rings is 1. The van der Waals surface area contributed by atoms with Gasteiger partial charge in [0.2, 0.25) is 11.8 Å². The molecule has 0 aromatic heterocycles. The lowest BCUT2D eigenvalue weighted by Gasteiger charge is -2.30. The minimum absolute atomic E-state index is 0. The molecule has 3 unspecified atom stereocenters. The fourth-order valence-corrected chi connectivity index (χ4v) is 3.99. The molecular weight excluding hydrogens is 361 g/mol. The van der Waals surface area contributed by atoms with Crippen molar-refractivity contribution in [3.63, 3.8) is 0 Å². The predicted molar refractivity (Wildman–Crippen MR) is 101 cm³/mol. The number of hydrogen-bond acceptors (Lipinski definition) is 3. The standard InChI is InChI=1S/C18H24ClN3O2.ClH/c1-12(23)21-17(13-2-4-14(19)5-3-13)10-18(24)22-15-6-7-16(22)11-20-9-8-15;/h2-5,15-17,20H,6-11H2,1H3,(H,21,23);1H. The van der Waals surface area contributed by atoms with Gasteiger partial charge in [-0.15, -0.1) is 12.4 Å². The highest BCUT2D eigenvalue weighted by atomic mass is 35.5. The van der Waals surface area contributed by atoms with Crippen molar-refractivity contribution in [1.82, 2.24) is 15.5 Å². The van der Waals surface area contributed by atoms with Crippen LogP contribution in [0.15, 0.2) is 24.3 Å². The van der Waals surface area contributed by atoms with E-state index in [-0.39, 0.29) is 42.7 Å². The van der Waals surface area contributed by atoms with Crippen LogP contribution >= 0.6 is 24.0 Å². The van der Waals surface area contributed by atoms with E-state index in [2.05, 4.69) is 15.5 Å². The lowest BCUT2D eigenvalue weighted by molar-refractivity contribution is -0.134.